The van der Waals surface area contributed by atoms with Crippen LogP contribution in [0.2, 0.25) is 0 Å². The Labute approximate surface area is 147 Å². The molecule has 2 N–H and O–H groups in total. The van der Waals surface area contributed by atoms with Crippen molar-refractivity contribution in [3.05, 3.63) is 35.9 Å². The maximum atomic E-state index is 6.36. The minimum atomic E-state index is 0. The van der Waals surface area contributed by atoms with Gasteiger partial charge in [0.05, 0.1) is 12.7 Å². The fourth-order valence-corrected chi connectivity index (χ4v) is 4.01. The first-order valence-corrected chi connectivity index (χ1v) is 8.88. The molecule has 4 atom stereocenters. The number of rotatable bonds is 5. The standard InChI is InChI=1S/C19H30N2O.ClH/c1-15-7-5-6-10-19(15)22-12-11-21-13-17(18(20)14-21)16-8-3-2-4-9-16;/h2-4,8-9,15,17-19H,5-7,10-14,20H2,1H3;1H/t15?,17-,18+,19?;/m0./s1. The van der Waals surface area contributed by atoms with E-state index in [4.69, 9.17) is 10.5 Å². The summed E-state index contributed by atoms with van der Waals surface area (Å²) < 4.78 is 6.15. The van der Waals surface area contributed by atoms with Crippen molar-refractivity contribution < 1.29 is 4.74 Å². The Morgan fingerprint density at radius 2 is 1.87 bits per heavy atom. The second-order valence-electron chi connectivity index (χ2n) is 7.11. The van der Waals surface area contributed by atoms with E-state index in [0.29, 0.717) is 12.0 Å². The Balaban J connectivity index is 0.00000192. The highest BCUT2D eigenvalue weighted by Gasteiger charge is 2.31. The van der Waals surface area contributed by atoms with E-state index >= 15 is 0 Å². The van der Waals surface area contributed by atoms with Crippen LogP contribution in [0.1, 0.15) is 44.1 Å². The average molecular weight is 339 g/mol. The van der Waals surface area contributed by atoms with Crippen LogP contribution in [0.5, 0.6) is 0 Å². The summed E-state index contributed by atoms with van der Waals surface area (Å²) in [5, 5.41) is 0. The van der Waals surface area contributed by atoms with Crippen molar-refractivity contribution in [3.8, 4) is 0 Å². The van der Waals surface area contributed by atoms with Gasteiger partial charge in [-0.25, -0.2) is 0 Å². The Morgan fingerprint density at radius 3 is 2.61 bits per heavy atom. The van der Waals surface area contributed by atoms with E-state index in [2.05, 4.69) is 42.2 Å². The monoisotopic (exact) mass is 338 g/mol. The van der Waals surface area contributed by atoms with Crippen molar-refractivity contribution in [1.82, 2.24) is 4.90 Å². The number of likely N-dealkylation sites (tertiary alicyclic amines) is 1. The summed E-state index contributed by atoms with van der Waals surface area (Å²) in [6.45, 7) is 6.25. The number of hydrogen-bond acceptors (Lipinski definition) is 3. The lowest BCUT2D eigenvalue weighted by molar-refractivity contribution is -0.0121. The lowest BCUT2D eigenvalue weighted by Gasteiger charge is -2.29. The molecule has 4 heteroatoms. The zero-order chi connectivity index (χ0) is 15.4. The molecule has 2 unspecified atom stereocenters. The van der Waals surface area contributed by atoms with Gasteiger partial charge in [-0.15, -0.1) is 12.4 Å². The van der Waals surface area contributed by atoms with Crippen LogP contribution in [0.3, 0.4) is 0 Å². The maximum absolute atomic E-state index is 6.36. The fourth-order valence-electron chi connectivity index (χ4n) is 4.01. The van der Waals surface area contributed by atoms with E-state index in [9.17, 15) is 0 Å². The molecule has 0 bridgehead atoms. The normalized spacial score (nSPS) is 31.7. The van der Waals surface area contributed by atoms with E-state index < -0.39 is 0 Å². The summed E-state index contributed by atoms with van der Waals surface area (Å²) in [4.78, 5) is 2.47. The Hall–Kier alpha value is -0.610. The molecule has 0 radical (unpaired) electrons. The molecule has 1 aliphatic carbocycles. The number of nitrogens with zero attached hydrogens (tertiary/aromatic N) is 1. The highest BCUT2D eigenvalue weighted by Crippen LogP contribution is 2.28. The van der Waals surface area contributed by atoms with Gasteiger partial charge in [0.25, 0.3) is 0 Å². The molecule has 0 aromatic heterocycles. The van der Waals surface area contributed by atoms with Gasteiger partial charge in [0.2, 0.25) is 0 Å². The molecule has 0 amide bonds. The molecule has 3 rings (SSSR count). The topological polar surface area (TPSA) is 38.5 Å². The van der Waals surface area contributed by atoms with Crippen LogP contribution in [0.4, 0.5) is 0 Å². The van der Waals surface area contributed by atoms with Crippen LogP contribution in [-0.4, -0.2) is 43.3 Å². The van der Waals surface area contributed by atoms with Crippen molar-refractivity contribution in [2.24, 2.45) is 11.7 Å². The summed E-state index contributed by atoms with van der Waals surface area (Å²) in [7, 11) is 0. The molecule has 1 aromatic carbocycles. The minimum Gasteiger partial charge on any atom is -0.377 e. The van der Waals surface area contributed by atoms with Crippen LogP contribution in [0, 0.1) is 5.92 Å². The van der Waals surface area contributed by atoms with Crippen LogP contribution in [-0.2, 0) is 4.74 Å². The maximum Gasteiger partial charge on any atom is 0.0601 e. The first-order valence-electron chi connectivity index (χ1n) is 8.88. The van der Waals surface area contributed by atoms with Crippen LogP contribution >= 0.6 is 12.4 Å². The zero-order valence-electron chi connectivity index (χ0n) is 14.2. The Bertz CT molecular complexity index is 456. The number of halogens is 1. The second kappa shape index (κ2) is 9.03. The third-order valence-electron chi connectivity index (χ3n) is 5.44. The molecule has 2 aliphatic rings. The molecular formula is C19H31ClN2O. The smallest absolute Gasteiger partial charge is 0.0601 e. The second-order valence-corrected chi connectivity index (χ2v) is 7.11. The summed E-state index contributed by atoms with van der Waals surface area (Å²) in [6, 6.07) is 10.9. The molecular weight excluding hydrogens is 308 g/mol. The van der Waals surface area contributed by atoms with Gasteiger partial charge in [-0.2, -0.15) is 0 Å². The quantitative estimate of drug-likeness (QED) is 0.893. The molecule has 2 fully saturated rings. The lowest BCUT2D eigenvalue weighted by atomic mass is 9.88. The number of ether oxygens (including phenoxy) is 1. The van der Waals surface area contributed by atoms with E-state index in [-0.39, 0.29) is 18.4 Å². The average Bonchev–Trinajstić information content (AvgIpc) is 2.91. The van der Waals surface area contributed by atoms with Crippen molar-refractivity contribution in [2.45, 2.75) is 50.7 Å². The first kappa shape index (κ1) is 18.7. The highest BCUT2D eigenvalue weighted by molar-refractivity contribution is 5.85. The molecule has 130 valence electrons. The largest absolute Gasteiger partial charge is 0.377 e. The molecule has 3 nitrogen and oxygen atoms in total. The van der Waals surface area contributed by atoms with E-state index in [1.54, 1.807) is 0 Å². The predicted octanol–water partition coefficient (Wildman–Crippen LogP) is 3.43. The SMILES string of the molecule is CC1CCCCC1OCCN1C[C@@H](N)[C@H](c2ccccc2)C1.Cl. The fraction of sp³-hybridized carbons (Fsp3) is 0.684. The third-order valence-corrected chi connectivity index (χ3v) is 5.44. The summed E-state index contributed by atoms with van der Waals surface area (Å²) in [6.07, 6.45) is 5.76. The molecule has 23 heavy (non-hydrogen) atoms. The number of nitrogens with two attached hydrogens (primary N) is 1. The van der Waals surface area contributed by atoms with E-state index in [0.717, 1.165) is 32.2 Å². The van der Waals surface area contributed by atoms with Gasteiger partial charge in [-0.3, -0.25) is 4.90 Å². The number of benzene rings is 1. The van der Waals surface area contributed by atoms with Crippen LogP contribution in [0.15, 0.2) is 30.3 Å². The van der Waals surface area contributed by atoms with Gasteiger partial charge < -0.3 is 10.5 Å². The highest BCUT2D eigenvalue weighted by atomic mass is 35.5. The molecule has 0 spiro atoms. The van der Waals surface area contributed by atoms with E-state index in [1.165, 1.54) is 31.2 Å². The van der Waals surface area contributed by atoms with Crippen molar-refractivity contribution in [2.75, 3.05) is 26.2 Å². The first-order chi connectivity index (χ1) is 10.7. The molecule has 1 saturated heterocycles. The van der Waals surface area contributed by atoms with Crippen molar-refractivity contribution in [1.29, 1.82) is 0 Å². The minimum absolute atomic E-state index is 0. The third kappa shape index (κ3) is 4.93. The Kier molecular flexibility index (Phi) is 7.35. The molecule has 1 saturated carbocycles. The molecule has 1 aromatic rings. The zero-order valence-corrected chi connectivity index (χ0v) is 15.0. The van der Waals surface area contributed by atoms with Gasteiger partial charge >= 0.3 is 0 Å². The molecule has 1 aliphatic heterocycles. The van der Waals surface area contributed by atoms with Gasteiger partial charge in [-0.1, -0.05) is 50.1 Å². The summed E-state index contributed by atoms with van der Waals surface area (Å²) in [5.41, 5.74) is 7.73. The predicted molar refractivity (Wildman–Crippen MR) is 98.2 cm³/mol. The number of hydrogen-bond donors (Lipinski definition) is 1. The van der Waals surface area contributed by atoms with Gasteiger partial charge in [0.1, 0.15) is 0 Å². The lowest BCUT2D eigenvalue weighted by Crippen LogP contribution is -2.32. The van der Waals surface area contributed by atoms with Gasteiger partial charge in [-0.05, 0) is 24.3 Å². The summed E-state index contributed by atoms with van der Waals surface area (Å²) in [5.74, 6) is 1.20. The summed E-state index contributed by atoms with van der Waals surface area (Å²) >= 11 is 0. The van der Waals surface area contributed by atoms with Crippen LogP contribution < -0.4 is 5.73 Å². The van der Waals surface area contributed by atoms with Crippen LogP contribution in [0.25, 0.3) is 0 Å². The van der Waals surface area contributed by atoms with Gasteiger partial charge in [0.15, 0.2) is 0 Å². The van der Waals surface area contributed by atoms with Gasteiger partial charge in [0, 0.05) is 31.6 Å². The van der Waals surface area contributed by atoms with Crippen molar-refractivity contribution in [3.63, 3.8) is 0 Å². The Morgan fingerprint density at radius 1 is 1.13 bits per heavy atom. The van der Waals surface area contributed by atoms with E-state index in [1.807, 2.05) is 0 Å². The van der Waals surface area contributed by atoms with Crippen molar-refractivity contribution >= 4 is 12.4 Å². The molecule has 1 heterocycles.